The first-order chi connectivity index (χ1) is 9.29. The predicted octanol–water partition coefficient (Wildman–Crippen LogP) is 3.22. The van der Waals surface area contributed by atoms with Crippen molar-refractivity contribution in [1.82, 2.24) is 10.1 Å². The minimum Gasteiger partial charge on any atom is -0.399 e. The van der Waals surface area contributed by atoms with Gasteiger partial charge in [0.05, 0.1) is 0 Å². The van der Waals surface area contributed by atoms with Crippen molar-refractivity contribution in [2.45, 2.75) is 31.6 Å². The van der Waals surface area contributed by atoms with E-state index < -0.39 is 0 Å². The van der Waals surface area contributed by atoms with Gasteiger partial charge in [0.15, 0.2) is 0 Å². The Balaban J connectivity index is 1.63. The largest absolute Gasteiger partial charge is 0.399 e. The van der Waals surface area contributed by atoms with E-state index in [1.54, 1.807) is 0 Å². The van der Waals surface area contributed by atoms with Crippen molar-refractivity contribution in [3.05, 3.63) is 30.2 Å². The summed E-state index contributed by atoms with van der Waals surface area (Å²) in [5.41, 5.74) is 7.44. The Morgan fingerprint density at radius 1 is 1.21 bits per heavy atom. The molecule has 2 aromatic rings. The molecule has 1 aromatic carbocycles. The second-order valence-corrected chi connectivity index (χ2v) is 5.86. The van der Waals surface area contributed by atoms with E-state index in [0.717, 1.165) is 29.0 Å². The van der Waals surface area contributed by atoms with Gasteiger partial charge in [-0.15, -0.1) is 0 Å². The molecule has 2 bridgehead atoms. The molecule has 0 amide bonds. The molecule has 2 aliphatic carbocycles. The zero-order valence-electron chi connectivity index (χ0n) is 10.7. The fourth-order valence-electron chi connectivity index (χ4n) is 3.73. The number of rotatable bonds is 2. The summed E-state index contributed by atoms with van der Waals surface area (Å²) in [5.74, 6) is 3.62. The third kappa shape index (κ3) is 1.82. The van der Waals surface area contributed by atoms with Crippen LogP contribution in [0, 0.1) is 11.8 Å². The van der Waals surface area contributed by atoms with Crippen LogP contribution in [-0.2, 0) is 0 Å². The highest BCUT2D eigenvalue weighted by Crippen LogP contribution is 2.52. The van der Waals surface area contributed by atoms with Crippen LogP contribution in [0.15, 0.2) is 28.8 Å². The zero-order chi connectivity index (χ0) is 12.8. The Morgan fingerprint density at radius 3 is 2.89 bits per heavy atom. The highest BCUT2D eigenvalue weighted by atomic mass is 16.5. The molecule has 0 radical (unpaired) electrons. The number of nitrogen functional groups attached to an aromatic ring is 1. The SMILES string of the molecule is Nc1cccc(-c2noc(C3CC4CCC3C4)n2)c1. The topological polar surface area (TPSA) is 64.9 Å². The van der Waals surface area contributed by atoms with E-state index >= 15 is 0 Å². The summed E-state index contributed by atoms with van der Waals surface area (Å²) in [7, 11) is 0. The van der Waals surface area contributed by atoms with Crippen LogP contribution in [0.4, 0.5) is 5.69 Å². The molecule has 2 saturated carbocycles. The van der Waals surface area contributed by atoms with Crippen LogP contribution in [0.2, 0.25) is 0 Å². The van der Waals surface area contributed by atoms with Gasteiger partial charge in [0.1, 0.15) is 0 Å². The minimum atomic E-state index is 0.487. The molecule has 3 unspecified atom stereocenters. The summed E-state index contributed by atoms with van der Waals surface area (Å²) < 4.78 is 5.49. The number of fused-ring (bicyclic) bond motifs is 2. The van der Waals surface area contributed by atoms with E-state index in [0.29, 0.717) is 11.7 Å². The van der Waals surface area contributed by atoms with Gasteiger partial charge in [-0.3, -0.25) is 0 Å². The molecule has 98 valence electrons. The van der Waals surface area contributed by atoms with Gasteiger partial charge in [-0.2, -0.15) is 4.98 Å². The van der Waals surface area contributed by atoms with Crippen LogP contribution >= 0.6 is 0 Å². The predicted molar refractivity (Wildman–Crippen MR) is 72.3 cm³/mol. The number of anilines is 1. The van der Waals surface area contributed by atoms with Gasteiger partial charge in [0.25, 0.3) is 0 Å². The summed E-state index contributed by atoms with van der Waals surface area (Å²) in [4.78, 5) is 4.59. The fourth-order valence-corrected chi connectivity index (χ4v) is 3.73. The van der Waals surface area contributed by atoms with Gasteiger partial charge in [0, 0.05) is 17.2 Å². The van der Waals surface area contributed by atoms with E-state index in [-0.39, 0.29) is 0 Å². The van der Waals surface area contributed by atoms with E-state index in [9.17, 15) is 0 Å². The molecule has 4 nitrogen and oxygen atoms in total. The lowest BCUT2D eigenvalue weighted by atomic mass is 9.89. The summed E-state index contributed by atoms with van der Waals surface area (Å²) in [6, 6.07) is 7.62. The van der Waals surface area contributed by atoms with Gasteiger partial charge >= 0.3 is 0 Å². The van der Waals surface area contributed by atoms with Crippen molar-refractivity contribution in [3.63, 3.8) is 0 Å². The molecule has 1 aromatic heterocycles. The number of nitrogens with two attached hydrogens (primary N) is 1. The van der Waals surface area contributed by atoms with Crippen LogP contribution in [0.3, 0.4) is 0 Å². The molecule has 3 atom stereocenters. The third-order valence-electron chi connectivity index (χ3n) is 4.64. The average molecular weight is 255 g/mol. The fraction of sp³-hybridized carbons (Fsp3) is 0.467. The van der Waals surface area contributed by atoms with Crippen LogP contribution in [0.1, 0.15) is 37.5 Å². The van der Waals surface area contributed by atoms with Gasteiger partial charge in [0.2, 0.25) is 11.7 Å². The first-order valence-corrected chi connectivity index (χ1v) is 6.99. The Bertz CT molecular complexity index is 607. The smallest absolute Gasteiger partial charge is 0.230 e. The first kappa shape index (κ1) is 11.0. The molecule has 2 N–H and O–H groups in total. The summed E-state index contributed by atoms with van der Waals surface area (Å²) in [5, 5.41) is 4.11. The minimum absolute atomic E-state index is 0.487. The van der Waals surface area contributed by atoms with Gasteiger partial charge in [-0.25, -0.2) is 0 Å². The number of nitrogens with zero attached hydrogens (tertiary/aromatic N) is 2. The molecule has 0 saturated heterocycles. The van der Waals surface area contributed by atoms with Crippen molar-refractivity contribution in [2.75, 3.05) is 5.73 Å². The second-order valence-electron chi connectivity index (χ2n) is 5.86. The molecule has 19 heavy (non-hydrogen) atoms. The van der Waals surface area contributed by atoms with Crippen molar-refractivity contribution < 1.29 is 4.52 Å². The van der Waals surface area contributed by atoms with E-state index in [1.807, 2.05) is 24.3 Å². The lowest BCUT2D eigenvalue weighted by Crippen LogP contribution is -2.08. The first-order valence-electron chi connectivity index (χ1n) is 6.99. The van der Waals surface area contributed by atoms with Crippen molar-refractivity contribution in [3.8, 4) is 11.4 Å². The summed E-state index contributed by atoms with van der Waals surface area (Å²) >= 11 is 0. The van der Waals surface area contributed by atoms with Gasteiger partial charge in [-0.05, 0) is 43.2 Å². The molecule has 1 heterocycles. The van der Waals surface area contributed by atoms with Crippen molar-refractivity contribution in [1.29, 1.82) is 0 Å². The van der Waals surface area contributed by atoms with E-state index in [1.165, 1.54) is 25.7 Å². The Hall–Kier alpha value is -1.84. The van der Waals surface area contributed by atoms with Crippen LogP contribution < -0.4 is 5.73 Å². The maximum Gasteiger partial charge on any atom is 0.230 e. The van der Waals surface area contributed by atoms with Crippen LogP contribution in [0.5, 0.6) is 0 Å². The number of hydrogen-bond acceptors (Lipinski definition) is 4. The van der Waals surface area contributed by atoms with Crippen LogP contribution in [-0.4, -0.2) is 10.1 Å². The van der Waals surface area contributed by atoms with Crippen LogP contribution in [0.25, 0.3) is 11.4 Å². The average Bonchev–Trinajstić information content (AvgIpc) is 3.14. The monoisotopic (exact) mass is 255 g/mol. The molecule has 4 heteroatoms. The Morgan fingerprint density at radius 2 is 2.16 bits per heavy atom. The second kappa shape index (κ2) is 4.08. The molecular formula is C15H17N3O. The molecule has 2 aliphatic rings. The highest BCUT2D eigenvalue weighted by Gasteiger charge is 2.42. The lowest BCUT2D eigenvalue weighted by Gasteiger charge is -2.16. The van der Waals surface area contributed by atoms with E-state index in [4.69, 9.17) is 10.3 Å². The Labute approximate surface area is 112 Å². The van der Waals surface area contributed by atoms with Crippen molar-refractivity contribution in [2.24, 2.45) is 11.8 Å². The van der Waals surface area contributed by atoms with E-state index in [2.05, 4.69) is 10.1 Å². The van der Waals surface area contributed by atoms with Gasteiger partial charge < -0.3 is 10.3 Å². The molecular weight excluding hydrogens is 238 g/mol. The number of hydrogen-bond donors (Lipinski definition) is 1. The number of benzene rings is 1. The summed E-state index contributed by atoms with van der Waals surface area (Å²) in [6.45, 7) is 0. The lowest BCUT2D eigenvalue weighted by molar-refractivity contribution is 0.302. The number of aromatic nitrogens is 2. The van der Waals surface area contributed by atoms with Crippen molar-refractivity contribution >= 4 is 5.69 Å². The zero-order valence-corrected chi connectivity index (χ0v) is 10.7. The molecule has 4 rings (SSSR count). The van der Waals surface area contributed by atoms with Gasteiger partial charge in [-0.1, -0.05) is 23.7 Å². The standard InChI is InChI=1S/C15H17N3O/c16-12-3-1-2-11(8-12)14-17-15(19-18-14)13-7-9-4-5-10(13)6-9/h1-3,8-10,13H,4-7,16H2. The Kier molecular flexibility index (Phi) is 2.37. The highest BCUT2D eigenvalue weighted by molar-refractivity contribution is 5.60. The molecule has 0 aliphatic heterocycles. The normalized spacial score (nSPS) is 28.9. The third-order valence-corrected chi connectivity index (χ3v) is 4.64. The maximum atomic E-state index is 5.79. The molecule has 0 spiro atoms. The summed E-state index contributed by atoms with van der Waals surface area (Å²) in [6.07, 6.45) is 5.28. The quantitative estimate of drug-likeness (QED) is 0.837. The molecule has 2 fully saturated rings. The maximum absolute atomic E-state index is 5.79.